The van der Waals surface area contributed by atoms with Crippen LogP contribution >= 0.6 is 22.6 Å². The summed E-state index contributed by atoms with van der Waals surface area (Å²) in [7, 11) is 0. The average Bonchev–Trinajstić information content (AvgIpc) is 3.37. The topological polar surface area (TPSA) is 103 Å². The number of aliphatic hydroxyl groups excluding tert-OH is 1. The molecular formula is C55H59IO10. The molecule has 2 saturated heterocycles. The first-order chi connectivity index (χ1) is 32.6. The molecule has 0 unspecified atom stereocenters. The Balaban J connectivity index is 1.10. The number of alkyl halides is 1. The van der Waals surface area contributed by atoms with Crippen LogP contribution in [0.2, 0.25) is 0 Å². The van der Waals surface area contributed by atoms with Crippen molar-refractivity contribution in [3.05, 3.63) is 215 Å². The van der Waals surface area contributed by atoms with Crippen LogP contribution < -0.4 is 0 Å². The molecule has 2 aliphatic heterocycles. The van der Waals surface area contributed by atoms with Crippen LogP contribution in [0.15, 0.2) is 182 Å². The van der Waals surface area contributed by atoms with Crippen molar-refractivity contribution < 1.29 is 47.7 Å². The number of hydrogen-bond acceptors (Lipinski definition) is 10. The van der Waals surface area contributed by atoms with Gasteiger partial charge < -0.3 is 47.7 Å². The maximum absolute atomic E-state index is 11.9. The highest BCUT2D eigenvalue weighted by Crippen LogP contribution is 2.35. The first-order valence-electron chi connectivity index (χ1n) is 22.7. The van der Waals surface area contributed by atoms with E-state index < -0.39 is 61.4 Å². The number of hydrogen-bond donors (Lipinski definition) is 1. The summed E-state index contributed by atoms with van der Waals surface area (Å²) in [6.07, 6.45) is -7.12. The molecule has 0 bridgehead atoms. The molecule has 0 spiro atoms. The second-order valence-corrected chi connectivity index (χ2v) is 17.6. The Morgan fingerprint density at radius 2 is 0.652 bits per heavy atom. The predicted octanol–water partition coefficient (Wildman–Crippen LogP) is 9.78. The van der Waals surface area contributed by atoms with Crippen molar-refractivity contribution in [2.45, 2.75) is 107 Å². The fourth-order valence-corrected chi connectivity index (χ4v) is 8.92. The van der Waals surface area contributed by atoms with E-state index in [1.807, 2.05) is 170 Å². The molecule has 66 heavy (non-hydrogen) atoms. The van der Waals surface area contributed by atoms with Gasteiger partial charge in [-0.3, -0.25) is 0 Å². The average molecular weight is 1010 g/mol. The Kier molecular flexibility index (Phi) is 18.7. The molecule has 1 N–H and O–H groups in total. The van der Waals surface area contributed by atoms with Crippen LogP contribution in [0.1, 0.15) is 39.8 Å². The lowest BCUT2D eigenvalue weighted by atomic mass is 9.95. The lowest BCUT2D eigenvalue weighted by molar-refractivity contribution is -0.346. The Morgan fingerprint density at radius 1 is 0.348 bits per heavy atom. The van der Waals surface area contributed by atoms with E-state index in [0.29, 0.717) is 19.6 Å². The predicted molar refractivity (Wildman–Crippen MR) is 259 cm³/mol. The van der Waals surface area contributed by atoms with Gasteiger partial charge in [-0.05, 0) is 39.8 Å². The van der Waals surface area contributed by atoms with Crippen LogP contribution in [0.3, 0.4) is 0 Å². The molecule has 8 rings (SSSR count). The normalized spacial score (nSPS) is 25.4. The molecule has 0 saturated carbocycles. The quantitative estimate of drug-likeness (QED) is 0.0493. The molecule has 10 nitrogen and oxygen atoms in total. The highest BCUT2D eigenvalue weighted by molar-refractivity contribution is 14.1. The Morgan fingerprint density at radius 3 is 1.02 bits per heavy atom. The monoisotopic (exact) mass is 1010 g/mol. The van der Waals surface area contributed by atoms with Crippen molar-refractivity contribution in [2.75, 3.05) is 11.0 Å². The van der Waals surface area contributed by atoms with Crippen molar-refractivity contribution in [3.63, 3.8) is 0 Å². The van der Waals surface area contributed by atoms with E-state index in [0.717, 1.165) is 37.8 Å². The maximum atomic E-state index is 11.9. The van der Waals surface area contributed by atoms with Gasteiger partial charge in [0.05, 0.1) is 52.4 Å². The van der Waals surface area contributed by atoms with Gasteiger partial charge in [0.2, 0.25) is 0 Å². The van der Waals surface area contributed by atoms with Crippen LogP contribution in [0, 0.1) is 0 Å². The van der Waals surface area contributed by atoms with E-state index in [9.17, 15) is 5.11 Å². The van der Waals surface area contributed by atoms with Crippen molar-refractivity contribution in [3.8, 4) is 0 Å². The second kappa shape index (κ2) is 25.7. The maximum Gasteiger partial charge on any atom is 0.186 e. The van der Waals surface area contributed by atoms with Gasteiger partial charge in [0.1, 0.15) is 42.7 Å². The van der Waals surface area contributed by atoms with E-state index in [1.165, 1.54) is 0 Å². The van der Waals surface area contributed by atoms with Crippen LogP contribution in [0.25, 0.3) is 0 Å². The lowest BCUT2D eigenvalue weighted by Crippen LogP contribution is -2.63. The molecule has 10 atom stereocenters. The zero-order valence-electron chi connectivity index (χ0n) is 37.0. The lowest BCUT2D eigenvalue weighted by Gasteiger charge is -2.47. The summed E-state index contributed by atoms with van der Waals surface area (Å²) in [5.74, 6) is 0. The second-order valence-electron chi connectivity index (χ2n) is 16.5. The highest BCUT2D eigenvalue weighted by atomic mass is 127. The van der Waals surface area contributed by atoms with E-state index >= 15 is 0 Å². The summed E-state index contributed by atoms with van der Waals surface area (Å²) in [5.41, 5.74) is 5.93. The van der Waals surface area contributed by atoms with Crippen molar-refractivity contribution >= 4 is 22.6 Å². The first-order valence-corrected chi connectivity index (χ1v) is 24.2. The summed E-state index contributed by atoms with van der Waals surface area (Å²) >= 11 is 2.38. The Labute approximate surface area is 402 Å². The molecule has 0 amide bonds. The minimum absolute atomic E-state index is 0.0408. The van der Waals surface area contributed by atoms with Crippen LogP contribution in [-0.4, -0.2) is 77.6 Å². The third kappa shape index (κ3) is 13.9. The van der Waals surface area contributed by atoms with Crippen LogP contribution in [0.5, 0.6) is 0 Å². The molecule has 6 aromatic carbocycles. The van der Waals surface area contributed by atoms with Gasteiger partial charge in [-0.2, -0.15) is 0 Å². The third-order valence-electron chi connectivity index (χ3n) is 11.7. The van der Waals surface area contributed by atoms with E-state index in [4.69, 9.17) is 42.6 Å². The zero-order valence-corrected chi connectivity index (χ0v) is 39.1. The molecule has 346 valence electrons. The number of halogens is 1. The van der Waals surface area contributed by atoms with Crippen LogP contribution in [0.4, 0.5) is 0 Å². The minimum atomic E-state index is -1.37. The number of ether oxygens (including phenoxy) is 9. The molecule has 0 aromatic heterocycles. The molecule has 0 radical (unpaired) electrons. The Hall–Kier alpha value is -4.35. The highest BCUT2D eigenvalue weighted by Gasteiger charge is 2.51. The fraction of sp³-hybridized carbons (Fsp3) is 0.345. The van der Waals surface area contributed by atoms with Crippen molar-refractivity contribution in [1.82, 2.24) is 0 Å². The number of rotatable bonds is 23. The van der Waals surface area contributed by atoms with Gasteiger partial charge in [0.15, 0.2) is 12.6 Å². The van der Waals surface area contributed by atoms with Gasteiger partial charge in [0.25, 0.3) is 0 Å². The van der Waals surface area contributed by atoms with Gasteiger partial charge in [-0.25, -0.2) is 0 Å². The summed E-state index contributed by atoms with van der Waals surface area (Å²) in [4.78, 5) is 0. The first kappa shape index (κ1) is 48.1. The van der Waals surface area contributed by atoms with E-state index in [1.54, 1.807) is 0 Å². The van der Waals surface area contributed by atoms with Gasteiger partial charge >= 0.3 is 0 Å². The molecule has 2 fully saturated rings. The SMILES string of the molecule is O[C@H]1O[C@H](CO[C@H]2O[C@H](CCI)[C@@H](OCc3ccccc3)[C@H](OCc3ccccc3)[C@H]2OCc2ccccc2)[C@@H](OCc2ccccc2)[C@H](OCc2ccccc2)[C@H]1OCc1ccccc1. The smallest absolute Gasteiger partial charge is 0.186 e. The Bertz CT molecular complexity index is 2230. The number of benzene rings is 6. The van der Waals surface area contributed by atoms with E-state index in [2.05, 4.69) is 34.7 Å². The standard InChI is InChI=1S/C55H59IO10/c56-32-31-46-48(58-33-40-19-7-1-8-20-40)51(61-36-43-25-13-4-14-26-43)53(63-38-45-29-17-6-18-30-45)55(66-46)64-39-47-49(59-34-41-21-9-2-10-22-41)50(60-35-42-23-11-3-12-24-42)52(54(57)65-47)62-37-44-27-15-5-16-28-44/h1-30,46-55,57H,31-39H2/t46-,47-,48-,49-,50+,51+,52-,53-,54+,55+/m1/s1. The largest absolute Gasteiger partial charge is 0.368 e. The van der Waals surface area contributed by atoms with Gasteiger partial charge in [-0.15, -0.1) is 0 Å². The van der Waals surface area contributed by atoms with Gasteiger partial charge in [-0.1, -0.05) is 205 Å². The van der Waals surface area contributed by atoms with Crippen molar-refractivity contribution in [2.24, 2.45) is 0 Å². The zero-order chi connectivity index (χ0) is 45.2. The minimum Gasteiger partial charge on any atom is -0.368 e. The third-order valence-corrected chi connectivity index (χ3v) is 12.4. The summed E-state index contributed by atoms with van der Waals surface area (Å²) in [6.45, 7) is 1.67. The van der Waals surface area contributed by atoms with Crippen molar-refractivity contribution in [1.29, 1.82) is 0 Å². The summed E-state index contributed by atoms with van der Waals surface area (Å²) in [5, 5.41) is 11.9. The molecule has 2 heterocycles. The van der Waals surface area contributed by atoms with Gasteiger partial charge in [0, 0.05) is 4.43 Å². The number of aliphatic hydroxyl groups is 1. The fourth-order valence-electron chi connectivity index (χ4n) is 8.31. The molecular weight excluding hydrogens is 947 g/mol. The molecule has 6 aromatic rings. The molecule has 2 aliphatic rings. The summed E-state index contributed by atoms with van der Waals surface area (Å²) < 4.78 is 61.8. The van der Waals surface area contributed by atoms with E-state index in [-0.39, 0.29) is 33.0 Å². The summed E-state index contributed by atoms with van der Waals surface area (Å²) in [6, 6.07) is 59.9. The molecule has 0 aliphatic carbocycles. The van der Waals surface area contributed by atoms with Crippen LogP contribution in [-0.2, 0) is 82.3 Å². The molecule has 11 heteroatoms.